The summed E-state index contributed by atoms with van der Waals surface area (Å²) in [5.74, 6) is 6.64. The maximum Gasteiger partial charge on any atom is 0.111 e. The normalized spacial score (nSPS) is 18.3. The summed E-state index contributed by atoms with van der Waals surface area (Å²) >= 11 is 0. The van der Waals surface area contributed by atoms with Crippen molar-refractivity contribution in [2.75, 3.05) is 0 Å². The fourth-order valence-corrected chi connectivity index (χ4v) is 2.85. The van der Waals surface area contributed by atoms with E-state index in [1.54, 1.807) is 0 Å². The maximum atomic E-state index is 5.61. The van der Waals surface area contributed by atoms with Crippen LogP contribution in [0.3, 0.4) is 0 Å². The Morgan fingerprint density at radius 1 is 1.00 bits per heavy atom. The Bertz CT molecular complexity index is 230. The quantitative estimate of drug-likeness (QED) is 0.172. The number of aliphatic imine (C=N–C) groups is 1. The number of unbranched alkanes of at least 4 members (excludes halogenated alkanes) is 5. The van der Waals surface area contributed by atoms with Gasteiger partial charge in [0.15, 0.2) is 0 Å². The average Bonchev–Trinajstić information content (AvgIpc) is 2.70. The number of nitrogens with two attached hydrogens (primary N) is 1. The fraction of sp³-hybridized carbons (Fsp3) is 0.938. The van der Waals surface area contributed by atoms with Crippen LogP contribution in [-0.2, 0) is 0 Å². The van der Waals surface area contributed by atoms with E-state index in [1.807, 2.05) is 0 Å². The molecule has 0 saturated heterocycles. The molecule has 0 amide bonds. The summed E-state index contributed by atoms with van der Waals surface area (Å²) in [7, 11) is 0. The van der Waals surface area contributed by atoms with E-state index in [2.05, 4.69) is 12.3 Å². The lowest BCUT2D eigenvalue weighted by Gasteiger charge is -2.12. The third-order valence-corrected chi connectivity index (χ3v) is 4.10. The first-order chi connectivity index (χ1) is 9.36. The third kappa shape index (κ3) is 8.25. The Hall–Kier alpha value is -0.570. The minimum atomic E-state index is 0.522. The lowest BCUT2D eigenvalue weighted by atomic mass is 10.1. The van der Waals surface area contributed by atoms with Gasteiger partial charge in [-0.1, -0.05) is 64.7 Å². The first-order valence-electron chi connectivity index (χ1n) is 8.40. The van der Waals surface area contributed by atoms with Crippen molar-refractivity contribution in [3.8, 4) is 0 Å². The highest BCUT2D eigenvalue weighted by atomic mass is 15.3. The van der Waals surface area contributed by atoms with E-state index < -0.39 is 0 Å². The third-order valence-electron chi connectivity index (χ3n) is 4.10. The number of hydrogen-bond acceptors (Lipinski definition) is 2. The lowest BCUT2D eigenvalue weighted by Crippen LogP contribution is -2.31. The van der Waals surface area contributed by atoms with Crippen molar-refractivity contribution in [1.82, 2.24) is 5.43 Å². The molecule has 0 aromatic carbocycles. The molecule has 0 unspecified atom stereocenters. The summed E-state index contributed by atoms with van der Waals surface area (Å²) in [6.45, 7) is 2.26. The molecule has 0 aliphatic heterocycles. The number of hydrogen-bond donors (Lipinski definition) is 2. The van der Waals surface area contributed by atoms with Crippen LogP contribution in [0, 0.1) is 0 Å². The SMILES string of the molecule is CCCCCCCCC(=NC1CCCCCC1)NN. The number of nitrogens with one attached hydrogen (secondary N) is 1. The summed E-state index contributed by atoms with van der Waals surface area (Å²) < 4.78 is 0. The Morgan fingerprint density at radius 3 is 2.26 bits per heavy atom. The smallest absolute Gasteiger partial charge is 0.111 e. The van der Waals surface area contributed by atoms with E-state index in [1.165, 1.54) is 77.0 Å². The van der Waals surface area contributed by atoms with E-state index in [4.69, 9.17) is 10.8 Å². The molecular weight excluding hydrogens is 234 g/mol. The fourth-order valence-electron chi connectivity index (χ4n) is 2.85. The minimum absolute atomic E-state index is 0.522. The van der Waals surface area contributed by atoms with Crippen molar-refractivity contribution in [2.24, 2.45) is 10.8 Å². The van der Waals surface area contributed by atoms with Gasteiger partial charge in [-0.15, -0.1) is 0 Å². The van der Waals surface area contributed by atoms with Crippen molar-refractivity contribution in [1.29, 1.82) is 0 Å². The molecule has 0 radical (unpaired) electrons. The van der Waals surface area contributed by atoms with Gasteiger partial charge in [0.25, 0.3) is 0 Å². The molecule has 3 heteroatoms. The second-order valence-corrected chi connectivity index (χ2v) is 5.88. The van der Waals surface area contributed by atoms with Crippen LogP contribution in [0.1, 0.15) is 90.4 Å². The standard InChI is InChI=1S/C16H33N3/c1-2-3-4-5-6-11-14-16(19-17)18-15-12-9-7-8-10-13-15/h15H,2-14,17H2,1H3,(H,18,19). The van der Waals surface area contributed by atoms with Crippen LogP contribution in [0.4, 0.5) is 0 Å². The first kappa shape index (κ1) is 16.5. The molecule has 3 nitrogen and oxygen atoms in total. The molecule has 0 aromatic rings. The molecule has 3 N–H and O–H groups in total. The minimum Gasteiger partial charge on any atom is -0.312 e. The van der Waals surface area contributed by atoms with Crippen molar-refractivity contribution in [3.05, 3.63) is 0 Å². The molecule has 1 saturated carbocycles. The zero-order chi connectivity index (χ0) is 13.8. The Morgan fingerprint density at radius 2 is 1.63 bits per heavy atom. The van der Waals surface area contributed by atoms with Gasteiger partial charge in [-0.2, -0.15) is 0 Å². The molecule has 0 bridgehead atoms. The monoisotopic (exact) mass is 267 g/mol. The van der Waals surface area contributed by atoms with Gasteiger partial charge in [0.05, 0.1) is 6.04 Å². The van der Waals surface area contributed by atoms with Crippen LogP contribution in [0.5, 0.6) is 0 Å². The maximum absolute atomic E-state index is 5.61. The zero-order valence-electron chi connectivity index (χ0n) is 12.8. The molecule has 0 atom stereocenters. The van der Waals surface area contributed by atoms with Crippen LogP contribution in [0.2, 0.25) is 0 Å². The van der Waals surface area contributed by atoms with Gasteiger partial charge < -0.3 is 5.43 Å². The molecule has 0 heterocycles. The van der Waals surface area contributed by atoms with Crippen LogP contribution >= 0.6 is 0 Å². The molecule has 1 aliphatic carbocycles. The van der Waals surface area contributed by atoms with E-state index in [0.29, 0.717) is 6.04 Å². The number of nitrogens with zero attached hydrogens (tertiary/aromatic N) is 1. The highest BCUT2D eigenvalue weighted by molar-refractivity contribution is 5.81. The summed E-state index contributed by atoms with van der Waals surface area (Å²) in [6.07, 6.45) is 16.9. The van der Waals surface area contributed by atoms with E-state index in [0.717, 1.165) is 12.3 Å². The van der Waals surface area contributed by atoms with Crippen molar-refractivity contribution < 1.29 is 0 Å². The van der Waals surface area contributed by atoms with Crippen LogP contribution in [0.25, 0.3) is 0 Å². The summed E-state index contributed by atoms with van der Waals surface area (Å²) in [6, 6.07) is 0.522. The van der Waals surface area contributed by atoms with Gasteiger partial charge in [-0.25, -0.2) is 5.84 Å². The van der Waals surface area contributed by atoms with Crippen LogP contribution in [0.15, 0.2) is 4.99 Å². The Labute approximate surface area is 119 Å². The van der Waals surface area contributed by atoms with Gasteiger partial charge >= 0.3 is 0 Å². The van der Waals surface area contributed by atoms with Gasteiger partial charge in [0.2, 0.25) is 0 Å². The predicted molar refractivity (Wildman–Crippen MR) is 84.2 cm³/mol. The molecule has 0 aromatic heterocycles. The van der Waals surface area contributed by atoms with Gasteiger partial charge in [0, 0.05) is 6.42 Å². The molecule has 0 spiro atoms. The zero-order valence-corrected chi connectivity index (χ0v) is 12.8. The number of rotatable bonds is 8. The van der Waals surface area contributed by atoms with Crippen molar-refractivity contribution >= 4 is 5.84 Å². The highest BCUT2D eigenvalue weighted by Crippen LogP contribution is 2.20. The largest absolute Gasteiger partial charge is 0.312 e. The lowest BCUT2D eigenvalue weighted by molar-refractivity contribution is 0.576. The topological polar surface area (TPSA) is 50.4 Å². The van der Waals surface area contributed by atoms with Crippen molar-refractivity contribution in [2.45, 2.75) is 96.4 Å². The van der Waals surface area contributed by atoms with Crippen LogP contribution in [-0.4, -0.2) is 11.9 Å². The molecular formula is C16H33N3. The molecule has 112 valence electrons. The van der Waals surface area contributed by atoms with Gasteiger partial charge in [0.1, 0.15) is 5.84 Å². The van der Waals surface area contributed by atoms with E-state index in [-0.39, 0.29) is 0 Å². The van der Waals surface area contributed by atoms with Gasteiger partial charge in [-0.3, -0.25) is 4.99 Å². The van der Waals surface area contributed by atoms with Gasteiger partial charge in [-0.05, 0) is 19.3 Å². The summed E-state index contributed by atoms with van der Waals surface area (Å²) in [4.78, 5) is 4.83. The average molecular weight is 267 g/mol. The second kappa shape index (κ2) is 11.3. The molecule has 1 fully saturated rings. The first-order valence-corrected chi connectivity index (χ1v) is 8.40. The Kier molecular flexibility index (Phi) is 9.78. The number of amidine groups is 1. The molecule has 19 heavy (non-hydrogen) atoms. The second-order valence-electron chi connectivity index (χ2n) is 5.88. The Balaban J connectivity index is 2.19. The molecule has 1 rings (SSSR count). The highest BCUT2D eigenvalue weighted by Gasteiger charge is 2.11. The summed E-state index contributed by atoms with van der Waals surface area (Å²) in [5, 5.41) is 0. The number of hydrazine groups is 1. The van der Waals surface area contributed by atoms with Crippen molar-refractivity contribution in [3.63, 3.8) is 0 Å². The predicted octanol–water partition coefficient (Wildman–Crippen LogP) is 4.32. The van der Waals surface area contributed by atoms with Crippen LogP contribution < -0.4 is 11.3 Å². The summed E-state index contributed by atoms with van der Waals surface area (Å²) in [5.41, 5.74) is 2.82. The molecule has 1 aliphatic rings. The van der Waals surface area contributed by atoms with E-state index >= 15 is 0 Å². The van der Waals surface area contributed by atoms with E-state index in [9.17, 15) is 0 Å².